The Morgan fingerprint density at radius 1 is 1.28 bits per heavy atom. The summed E-state index contributed by atoms with van der Waals surface area (Å²) in [6.07, 6.45) is 9.72. The van der Waals surface area contributed by atoms with Gasteiger partial charge in [0.25, 0.3) is 0 Å². The van der Waals surface area contributed by atoms with Crippen LogP contribution in [-0.4, -0.2) is 7.05 Å². The van der Waals surface area contributed by atoms with Gasteiger partial charge in [0.05, 0.1) is 0 Å². The smallest absolute Gasteiger partial charge is 0.0441 e. The summed E-state index contributed by atoms with van der Waals surface area (Å²) in [7, 11) is 2.15. The Kier molecular flexibility index (Phi) is 3.76. The predicted molar refractivity (Wildman–Crippen MR) is 79.3 cm³/mol. The first kappa shape index (κ1) is 12.7. The average molecular weight is 263 g/mol. The highest BCUT2D eigenvalue weighted by Gasteiger charge is 2.29. The highest BCUT2D eigenvalue weighted by atomic mass is 32.1. The summed E-state index contributed by atoms with van der Waals surface area (Å²) in [4.78, 5) is 3.29. The molecule has 1 aromatic heterocycles. The first-order valence-electron chi connectivity index (χ1n) is 7.56. The second kappa shape index (κ2) is 5.34. The Labute approximate surface area is 115 Å². The molecule has 0 spiro atoms. The molecule has 18 heavy (non-hydrogen) atoms. The van der Waals surface area contributed by atoms with Gasteiger partial charge >= 0.3 is 0 Å². The van der Waals surface area contributed by atoms with E-state index in [1.165, 1.54) is 44.9 Å². The van der Waals surface area contributed by atoms with Gasteiger partial charge in [0.15, 0.2) is 0 Å². The number of fused-ring (bicyclic) bond motifs is 1. The molecule has 1 N–H and O–H groups in total. The van der Waals surface area contributed by atoms with Crippen molar-refractivity contribution in [1.29, 1.82) is 0 Å². The lowest BCUT2D eigenvalue weighted by Crippen LogP contribution is -2.28. The SMILES string of the molecule is CNC(c1cc2c(s1)CCC2)C1CCCC(C)C1. The number of nitrogens with one attached hydrogen (secondary N) is 1. The molecule has 1 aromatic rings. The zero-order valence-corrected chi connectivity index (χ0v) is 12.5. The van der Waals surface area contributed by atoms with Gasteiger partial charge in [-0.2, -0.15) is 0 Å². The maximum Gasteiger partial charge on any atom is 0.0441 e. The Morgan fingerprint density at radius 3 is 2.89 bits per heavy atom. The Hall–Kier alpha value is -0.340. The highest BCUT2D eigenvalue weighted by molar-refractivity contribution is 7.12. The summed E-state index contributed by atoms with van der Waals surface area (Å²) in [5.41, 5.74) is 1.65. The van der Waals surface area contributed by atoms with Crippen molar-refractivity contribution >= 4 is 11.3 Å². The number of rotatable bonds is 3. The molecule has 1 fully saturated rings. The summed E-state index contributed by atoms with van der Waals surface area (Å²) < 4.78 is 0. The lowest BCUT2D eigenvalue weighted by Gasteiger charge is -2.32. The molecular formula is C16H25NS. The van der Waals surface area contributed by atoms with E-state index in [1.54, 1.807) is 15.3 Å². The number of aryl methyl sites for hydroxylation is 2. The van der Waals surface area contributed by atoms with E-state index in [-0.39, 0.29) is 0 Å². The van der Waals surface area contributed by atoms with Gasteiger partial charge in [-0.15, -0.1) is 11.3 Å². The molecule has 2 aliphatic rings. The van der Waals surface area contributed by atoms with Crippen molar-refractivity contribution in [3.8, 4) is 0 Å². The van der Waals surface area contributed by atoms with E-state index in [4.69, 9.17) is 0 Å². The van der Waals surface area contributed by atoms with Crippen LogP contribution in [0.15, 0.2) is 6.07 Å². The molecule has 0 saturated heterocycles. The lowest BCUT2D eigenvalue weighted by atomic mass is 9.78. The Bertz CT molecular complexity index is 388. The van der Waals surface area contributed by atoms with Gasteiger partial charge in [0, 0.05) is 15.8 Å². The van der Waals surface area contributed by atoms with Gasteiger partial charge in [-0.25, -0.2) is 0 Å². The van der Waals surface area contributed by atoms with Crippen molar-refractivity contribution in [3.05, 3.63) is 21.4 Å². The van der Waals surface area contributed by atoms with E-state index in [1.807, 2.05) is 0 Å². The van der Waals surface area contributed by atoms with Gasteiger partial charge < -0.3 is 5.32 Å². The molecular weight excluding hydrogens is 238 g/mol. The molecule has 3 atom stereocenters. The fourth-order valence-corrected chi connectivity index (χ4v) is 5.36. The molecule has 0 aromatic carbocycles. The fraction of sp³-hybridized carbons (Fsp3) is 0.750. The quantitative estimate of drug-likeness (QED) is 0.856. The zero-order chi connectivity index (χ0) is 12.5. The average Bonchev–Trinajstić information content (AvgIpc) is 2.91. The van der Waals surface area contributed by atoms with Crippen molar-refractivity contribution in [1.82, 2.24) is 5.32 Å². The van der Waals surface area contributed by atoms with Crippen LogP contribution in [0.4, 0.5) is 0 Å². The molecule has 1 heterocycles. The van der Waals surface area contributed by atoms with E-state index < -0.39 is 0 Å². The number of hydrogen-bond donors (Lipinski definition) is 1. The molecule has 0 bridgehead atoms. The van der Waals surface area contributed by atoms with Crippen molar-refractivity contribution in [2.75, 3.05) is 7.05 Å². The predicted octanol–water partition coefficient (Wildman–Crippen LogP) is 4.32. The first-order valence-corrected chi connectivity index (χ1v) is 8.38. The summed E-state index contributed by atoms with van der Waals surface area (Å²) in [5.74, 6) is 1.78. The minimum absolute atomic E-state index is 0.614. The van der Waals surface area contributed by atoms with Crippen molar-refractivity contribution < 1.29 is 0 Å². The second-order valence-electron chi connectivity index (χ2n) is 6.25. The minimum Gasteiger partial charge on any atom is -0.312 e. The van der Waals surface area contributed by atoms with E-state index in [0.29, 0.717) is 6.04 Å². The van der Waals surface area contributed by atoms with Crippen LogP contribution < -0.4 is 5.32 Å². The van der Waals surface area contributed by atoms with Crippen molar-refractivity contribution in [2.24, 2.45) is 11.8 Å². The third-order valence-electron chi connectivity index (χ3n) is 4.83. The lowest BCUT2D eigenvalue weighted by molar-refractivity contribution is 0.232. The molecule has 2 aliphatic carbocycles. The van der Waals surface area contributed by atoms with Crippen molar-refractivity contribution in [3.63, 3.8) is 0 Å². The van der Waals surface area contributed by atoms with Crippen LogP contribution in [0.1, 0.15) is 60.4 Å². The summed E-state index contributed by atoms with van der Waals surface area (Å²) in [6, 6.07) is 3.12. The molecule has 0 aliphatic heterocycles. The van der Waals surface area contributed by atoms with E-state index in [2.05, 4.69) is 36.7 Å². The van der Waals surface area contributed by atoms with Crippen LogP contribution in [0.5, 0.6) is 0 Å². The molecule has 2 heteroatoms. The molecule has 0 amide bonds. The largest absolute Gasteiger partial charge is 0.312 e. The maximum atomic E-state index is 3.61. The first-order chi connectivity index (χ1) is 8.78. The van der Waals surface area contributed by atoms with Gasteiger partial charge in [-0.05, 0) is 62.6 Å². The van der Waals surface area contributed by atoms with Crippen LogP contribution >= 0.6 is 11.3 Å². The van der Waals surface area contributed by atoms with Crippen LogP contribution in [0, 0.1) is 11.8 Å². The van der Waals surface area contributed by atoms with Crippen LogP contribution in [0.2, 0.25) is 0 Å². The number of thiophene rings is 1. The monoisotopic (exact) mass is 263 g/mol. The Balaban J connectivity index is 1.78. The normalized spacial score (nSPS) is 29.2. The fourth-order valence-electron chi connectivity index (χ4n) is 3.90. The van der Waals surface area contributed by atoms with Crippen molar-refractivity contribution in [2.45, 2.75) is 57.9 Å². The van der Waals surface area contributed by atoms with E-state index in [0.717, 1.165) is 11.8 Å². The maximum absolute atomic E-state index is 3.61. The third kappa shape index (κ3) is 2.37. The highest BCUT2D eigenvalue weighted by Crippen LogP contribution is 2.41. The van der Waals surface area contributed by atoms with Gasteiger partial charge in [0.2, 0.25) is 0 Å². The van der Waals surface area contributed by atoms with Gasteiger partial charge in [0.1, 0.15) is 0 Å². The van der Waals surface area contributed by atoms with Gasteiger partial charge in [-0.1, -0.05) is 19.8 Å². The topological polar surface area (TPSA) is 12.0 Å². The summed E-state index contributed by atoms with van der Waals surface area (Å²) in [6.45, 7) is 2.42. The third-order valence-corrected chi connectivity index (χ3v) is 6.15. The zero-order valence-electron chi connectivity index (χ0n) is 11.7. The number of hydrogen-bond acceptors (Lipinski definition) is 2. The summed E-state index contributed by atoms with van der Waals surface area (Å²) >= 11 is 2.09. The minimum atomic E-state index is 0.614. The standard InChI is InChI=1S/C16H25NS/c1-11-5-3-7-13(9-11)16(17-2)15-10-12-6-4-8-14(12)18-15/h10-11,13,16-17H,3-9H2,1-2H3. The molecule has 1 nitrogen and oxygen atoms in total. The van der Waals surface area contributed by atoms with Crippen LogP contribution in [-0.2, 0) is 12.8 Å². The molecule has 100 valence electrons. The van der Waals surface area contributed by atoms with Crippen LogP contribution in [0.3, 0.4) is 0 Å². The van der Waals surface area contributed by atoms with E-state index in [9.17, 15) is 0 Å². The molecule has 1 saturated carbocycles. The van der Waals surface area contributed by atoms with Gasteiger partial charge in [-0.3, -0.25) is 0 Å². The summed E-state index contributed by atoms with van der Waals surface area (Å²) in [5, 5.41) is 3.61. The van der Waals surface area contributed by atoms with E-state index >= 15 is 0 Å². The van der Waals surface area contributed by atoms with Crippen LogP contribution in [0.25, 0.3) is 0 Å². The molecule has 0 radical (unpaired) electrons. The second-order valence-corrected chi connectivity index (χ2v) is 7.42. The Morgan fingerprint density at radius 2 is 2.17 bits per heavy atom. The molecule has 3 rings (SSSR count). The molecule has 3 unspecified atom stereocenters.